The second kappa shape index (κ2) is 4.44. The molecular weight excluding hydrogens is 213 g/mol. The van der Waals surface area contributed by atoms with Gasteiger partial charge in [-0.3, -0.25) is 0 Å². The average Bonchev–Trinajstić information content (AvgIpc) is 2.08. The Bertz CT molecular complexity index is 284. The van der Waals surface area contributed by atoms with Crippen LogP contribution in [0.3, 0.4) is 0 Å². The first kappa shape index (κ1) is 9.50. The molecule has 0 spiro atoms. The Morgan fingerprint density at radius 3 is 2.50 bits per heavy atom. The molecule has 0 saturated carbocycles. The zero-order valence-corrected chi connectivity index (χ0v) is 9.38. The first-order chi connectivity index (χ1) is 5.70. The van der Waals surface area contributed by atoms with E-state index in [4.69, 9.17) is 0 Å². The third-order valence-electron chi connectivity index (χ3n) is 1.76. The van der Waals surface area contributed by atoms with Crippen LogP contribution in [0.2, 0.25) is 0 Å². The monoisotopic (exact) mass is 227 g/mol. The van der Waals surface area contributed by atoms with Gasteiger partial charge in [0.2, 0.25) is 0 Å². The molecule has 0 aromatic carbocycles. The van der Waals surface area contributed by atoms with Crippen molar-refractivity contribution >= 4 is 14.5 Å². The van der Waals surface area contributed by atoms with Crippen LogP contribution in [0.25, 0.3) is 0 Å². The van der Waals surface area contributed by atoms with Gasteiger partial charge in [0.05, 0.1) is 0 Å². The molecule has 1 aromatic rings. The van der Waals surface area contributed by atoms with Crippen molar-refractivity contribution in [3.63, 3.8) is 0 Å². The van der Waals surface area contributed by atoms with Gasteiger partial charge < -0.3 is 0 Å². The maximum absolute atomic E-state index is 4.31. The fraction of sp³-hybridized carbons (Fsp3) is 0.300. The van der Waals surface area contributed by atoms with Crippen molar-refractivity contribution in [2.45, 2.75) is 20.8 Å². The molecule has 1 aromatic heterocycles. The van der Waals surface area contributed by atoms with Crippen molar-refractivity contribution in [2.24, 2.45) is 0 Å². The second-order valence-electron chi connectivity index (χ2n) is 2.75. The summed E-state index contributed by atoms with van der Waals surface area (Å²) < 4.78 is 1.22. The molecule has 0 aliphatic heterocycles. The molecule has 0 unspecified atom stereocenters. The second-order valence-corrected chi connectivity index (χ2v) is 5.06. The molecule has 0 saturated heterocycles. The number of hydrogen-bond donors (Lipinski definition) is 0. The van der Waals surface area contributed by atoms with E-state index in [1.54, 1.807) is 0 Å². The Labute approximate surface area is 79.5 Å². The number of nitrogens with zero attached hydrogens (tertiary/aromatic N) is 1. The fourth-order valence-electron chi connectivity index (χ4n) is 0.782. The molecule has 0 amide bonds. The Balaban J connectivity index is 3.33. The van der Waals surface area contributed by atoms with E-state index in [2.05, 4.69) is 42.8 Å². The Morgan fingerprint density at radius 2 is 1.75 bits per heavy atom. The van der Waals surface area contributed by atoms with Crippen LogP contribution in [-0.2, 0) is 0 Å². The molecule has 1 rings (SSSR count). The van der Waals surface area contributed by atoms with E-state index >= 15 is 0 Å². The van der Waals surface area contributed by atoms with Crippen LogP contribution in [0.1, 0.15) is 15.7 Å². The molecule has 0 radical (unpaired) electrons. The molecule has 0 aliphatic rings. The average molecular weight is 226 g/mol. The molecule has 0 N–H and O–H groups in total. The zero-order chi connectivity index (χ0) is 8.97. The van der Waals surface area contributed by atoms with E-state index in [1.165, 1.54) is 15.7 Å². The Hall–Kier alpha value is -0.591. The van der Waals surface area contributed by atoms with E-state index in [-0.39, 0.29) is 0 Å². The quantitative estimate of drug-likeness (QED) is 0.618. The third kappa shape index (κ3) is 2.80. The molecular formula is C10H13NSe. The summed E-state index contributed by atoms with van der Waals surface area (Å²) in [5.74, 6) is 0. The molecule has 0 atom stereocenters. The Kier molecular flexibility index (Phi) is 3.51. The SMILES string of the molecule is Cc1nccc(C)c(C)cc[se]1. The van der Waals surface area contributed by atoms with Crippen molar-refractivity contribution in [3.05, 3.63) is 39.0 Å². The first-order valence-electron chi connectivity index (χ1n) is 3.92. The van der Waals surface area contributed by atoms with Crippen LogP contribution < -0.4 is 0 Å². The van der Waals surface area contributed by atoms with Gasteiger partial charge in [-0.2, -0.15) is 0 Å². The molecule has 64 valence electrons. The predicted molar refractivity (Wildman–Crippen MR) is 53.0 cm³/mol. The van der Waals surface area contributed by atoms with Crippen LogP contribution >= 0.6 is 0 Å². The van der Waals surface area contributed by atoms with Crippen molar-refractivity contribution < 1.29 is 0 Å². The molecule has 0 bridgehead atoms. The normalized spacial score (nSPS) is 9.25. The summed E-state index contributed by atoms with van der Waals surface area (Å²) >= 11 is 0.427. The first-order valence-corrected chi connectivity index (χ1v) is 5.76. The summed E-state index contributed by atoms with van der Waals surface area (Å²) in [4.78, 5) is 6.53. The van der Waals surface area contributed by atoms with Crippen molar-refractivity contribution in [3.8, 4) is 0 Å². The summed E-state index contributed by atoms with van der Waals surface area (Å²) in [6, 6.07) is 4.24. The molecule has 2 heteroatoms. The van der Waals surface area contributed by atoms with Crippen LogP contribution in [0.15, 0.2) is 23.3 Å². The number of hydrogen-bond acceptors (Lipinski definition) is 1. The molecule has 0 fully saturated rings. The van der Waals surface area contributed by atoms with E-state index < -0.39 is 0 Å². The minimum atomic E-state index is 0.427. The number of aromatic nitrogens is 1. The van der Waals surface area contributed by atoms with E-state index in [9.17, 15) is 0 Å². The summed E-state index contributed by atoms with van der Waals surface area (Å²) in [6.07, 6.45) is 1.89. The van der Waals surface area contributed by atoms with Gasteiger partial charge in [-0.25, -0.2) is 0 Å². The third-order valence-corrected chi connectivity index (χ3v) is 3.27. The van der Waals surface area contributed by atoms with E-state index in [1.807, 2.05) is 6.20 Å². The van der Waals surface area contributed by atoms with Crippen molar-refractivity contribution in [1.29, 1.82) is 0 Å². The van der Waals surface area contributed by atoms with Crippen molar-refractivity contribution in [1.82, 2.24) is 4.98 Å². The van der Waals surface area contributed by atoms with E-state index in [0.717, 1.165) is 0 Å². The minimum absolute atomic E-state index is 0.427. The number of rotatable bonds is 0. The number of aryl methyl sites for hydroxylation is 3. The van der Waals surface area contributed by atoms with Crippen molar-refractivity contribution in [2.75, 3.05) is 0 Å². The summed E-state index contributed by atoms with van der Waals surface area (Å²) in [7, 11) is 0. The predicted octanol–water partition coefficient (Wildman–Crippen LogP) is 2.19. The van der Waals surface area contributed by atoms with Crippen LogP contribution in [0.4, 0.5) is 0 Å². The Morgan fingerprint density at radius 1 is 1.08 bits per heavy atom. The van der Waals surface area contributed by atoms with Gasteiger partial charge in [-0.1, -0.05) is 0 Å². The zero-order valence-electron chi connectivity index (χ0n) is 7.66. The van der Waals surface area contributed by atoms with Gasteiger partial charge >= 0.3 is 79.2 Å². The molecule has 1 heterocycles. The topological polar surface area (TPSA) is 12.9 Å². The summed E-state index contributed by atoms with van der Waals surface area (Å²) in [5, 5.41) is 0. The molecule has 0 aliphatic carbocycles. The van der Waals surface area contributed by atoms with Crippen LogP contribution in [0.5, 0.6) is 0 Å². The van der Waals surface area contributed by atoms with Gasteiger partial charge in [-0.15, -0.1) is 0 Å². The molecule has 12 heavy (non-hydrogen) atoms. The molecule has 1 nitrogen and oxygen atoms in total. The van der Waals surface area contributed by atoms with E-state index in [0.29, 0.717) is 14.5 Å². The maximum atomic E-state index is 4.31. The summed E-state index contributed by atoms with van der Waals surface area (Å²) in [5.41, 5.74) is 2.62. The van der Waals surface area contributed by atoms with Gasteiger partial charge in [0.1, 0.15) is 0 Å². The van der Waals surface area contributed by atoms with Crippen LogP contribution in [0, 0.1) is 20.8 Å². The van der Waals surface area contributed by atoms with Gasteiger partial charge in [-0.05, 0) is 0 Å². The van der Waals surface area contributed by atoms with Gasteiger partial charge in [0.15, 0.2) is 0 Å². The van der Waals surface area contributed by atoms with Crippen LogP contribution in [-0.4, -0.2) is 19.5 Å². The van der Waals surface area contributed by atoms with Gasteiger partial charge in [0.25, 0.3) is 0 Å². The van der Waals surface area contributed by atoms with Gasteiger partial charge in [0, 0.05) is 0 Å². The standard InChI is InChI=1S/C10H13NSe/c1-8-4-6-11-10(3)12-7-5-9(8)2/h4-7H,1-3H3. The fourth-order valence-corrected chi connectivity index (χ4v) is 2.02. The summed E-state index contributed by atoms with van der Waals surface area (Å²) in [6.45, 7) is 6.32.